The van der Waals surface area contributed by atoms with Gasteiger partial charge in [-0.25, -0.2) is 0 Å². The van der Waals surface area contributed by atoms with Gasteiger partial charge in [0.05, 0.1) is 12.0 Å². The lowest BCUT2D eigenvalue weighted by atomic mass is 9.91. The van der Waals surface area contributed by atoms with Crippen molar-refractivity contribution >= 4 is 11.6 Å². The lowest BCUT2D eigenvalue weighted by Gasteiger charge is -2.19. The highest BCUT2D eigenvalue weighted by Gasteiger charge is 2.27. The molecule has 0 aliphatic rings. The molecule has 0 radical (unpaired) electrons. The van der Waals surface area contributed by atoms with Crippen LogP contribution < -0.4 is 0 Å². The average molecular weight is 281 g/mol. The van der Waals surface area contributed by atoms with Crippen LogP contribution >= 0.6 is 11.6 Å². The Morgan fingerprint density at radius 1 is 1.16 bits per heavy atom. The van der Waals surface area contributed by atoms with Gasteiger partial charge in [0.25, 0.3) is 0 Å². The zero-order valence-electron chi connectivity index (χ0n) is 11.2. The van der Waals surface area contributed by atoms with Crippen LogP contribution in [-0.2, 0) is 0 Å². The Labute approximate surface area is 117 Å². The maximum absolute atomic E-state index is 9.81. The van der Waals surface area contributed by atoms with E-state index in [2.05, 4.69) is 10.1 Å². The first-order valence-electron chi connectivity index (χ1n) is 6.26. The first-order valence-corrected chi connectivity index (χ1v) is 6.64. The van der Waals surface area contributed by atoms with Gasteiger partial charge in [0.2, 0.25) is 11.7 Å². The molecule has 5 heteroatoms. The van der Waals surface area contributed by atoms with Gasteiger partial charge in [-0.1, -0.05) is 30.6 Å². The summed E-state index contributed by atoms with van der Waals surface area (Å²) in [5.41, 5.74) is 0.840. The fraction of sp³-hybridized carbons (Fsp3) is 0.429. The van der Waals surface area contributed by atoms with Crippen molar-refractivity contribution in [1.29, 1.82) is 0 Å². The minimum atomic E-state index is -0.529. The Kier molecular flexibility index (Phi) is 4.22. The lowest BCUT2D eigenvalue weighted by molar-refractivity contribution is 0.120. The second-order valence-electron chi connectivity index (χ2n) is 4.97. The molecule has 102 valence electrons. The van der Waals surface area contributed by atoms with E-state index < -0.39 is 6.10 Å². The molecule has 2 rings (SSSR count). The number of rotatable bonds is 4. The molecule has 1 aromatic carbocycles. The van der Waals surface area contributed by atoms with Gasteiger partial charge < -0.3 is 9.63 Å². The molecule has 2 aromatic rings. The predicted octanol–water partition coefficient (Wildman–Crippen LogP) is 3.51. The molecule has 1 aromatic heterocycles. The van der Waals surface area contributed by atoms with E-state index in [0.717, 1.165) is 5.56 Å². The van der Waals surface area contributed by atoms with Crippen LogP contribution in [0.5, 0.6) is 0 Å². The van der Waals surface area contributed by atoms with Crippen molar-refractivity contribution in [2.24, 2.45) is 5.92 Å². The highest BCUT2D eigenvalue weighted by molar-refractivity contribution is 6.30. The minimum Gasteiger partial charge on any atom is -0.393 e. The van der Waals surface area contributed by atoms with Crippen LogP contribution in [0.25, 0.3) is 11.4 Å². The number of aromatic nitrogens is 2. The molecule has 0 amide bonds. The highest BCUT2D eigenvalue weighted by atomic mass is 35.5. The summed E-state index contributed by atoms with van der Waals surface area (Å²) in [4.78, 5) is 4.37. The maximum atomic E-state index is 9.81. The molecule has 19 heavy (non-hydrogen) atoms. The SMILES string of the molecule is CC(C)C(c1nc(-c2ccc(Cl)cc2)no1)C(C)O. The molecule has 4 nitrogen and oxygen atoms in total. The molecule has 0 aliphatic carbocycles. The Hall–Kier alpha value is -1.39. The molecular formula is C14H17ClN2O2. The van der Waals surface area contributed by atoms with Crippen molar-refractivity contribution in [2.75, 3.05) is 0 Å². The Morgan fingerprint density at radius 3 is 2.32 bits per heavy atom. The number of nitrogens with zero attached hydrogens (tertiary/aromatic N) is 2. The molecule has 0 spiro atoms. The summed E-state index contributed by atoms with van der Waals surface area (Å²) in [6.07, 6.45) is -0.529. The van der Waals surface area contributed by atoms with Crippen LogP contribution in [0.2, 0.25) is 5.02 Å². The van der Waals surface area contributed by atoms with E-state index in [0.29, 0.717) is 16.7 Å². The van der Waals surface area contributed by atoms with Crippen molar-refractivity contribution in [2.45, 2.75) is 32.8 Å². The molecule has 2 atom stereocenters. The summed E-state index contributed by atoms with van der Waals surface area (Å²) in [5, 5.41) is 14.4. The maximum Gasteiger partial charge on any atom is 0.232 e. The van der Waals surface area contributed by atoms with Crippen molar-refractivity contribution < 1.29 is 9.63 Å². The van der Waals surface area contributed by atoms with Gasteiger partial charge in [-0.05, 0) is 37.1 Å². The number of benzene rings is 1. The predicted molar refractivity (Wildman–Crippen MR) is 74.0 cm³/mol. The first-order chi connectivity index (χ1) is 8.99. The molecule has 0 saturated carbocycles. The summed E-state index contributed by atoms with van der Waals surface area (Å²) in [6.45, 7) is 5.77. The van der Waals surface area contributed by atoms with Crippen molar-refractivity contribution in [3.8, 4) is 11.4 Å². The molecule has 0 fully saturated rings. The van der Waals surface area contributed by atoms with E-state index in [4.69, 9.17) is 16.1 Å². The summed E-state index contributed by atoms with van der Waals surface area (Å²) in [5.74, 6) is 1.04. The van der Waals surface area contributed by atoms with Crippen LogP contribution in [0.1, 0.15) is 32.6 Å². The number of aliphatic hydroxyl groups excluding tert-OH is 1. The molecule has 0 saturated heterocycles. The molecule has 1 heterocycles. The molecule has 0 aliphatic heterocycles. The zero-order valence-corrected chi connectivity index (χ0v) is 11.9. The number of hydrogen-bond donors (Lipinski definition) is 1. The Morgan fingerprint density at radius 2 is 1.79 bits per heavy atom. The zero-order chi connectivity index (χ0) is 14.0. The van der Waals surface area contributed by atoms with Crippen LogP contribution in [0, 0.1) is 5.92 Å². The Bertz CT molecular complexity index is 527. The van der Waals surface area contributed by atoms with Crippen LogP contribution in [0.4, 0.5) is 0 Å². The normalized spacial score (nSPS) is 14.6. The quantitative estimate of drug-likeness (QED) is 0.931. The standard InChI is InChI=1S/C14H17ClN2O2/c1-8(2)12(9(3)18)14-16-13(17-19-14)10-4-6-11(15)7-5-10/h4-9,12,18H,1-3H3. The largest absolute Gasteiger partial charge is 0.393 e. The second-order valence-corrected chi connectivity index (χ2v) is 5.41. The van der Waals surface area contributed by atoms with Crippen molar-refractivity contribution in [3.05, 3.63) is 35.2 Å². The molecular weight excluding hydrogens is 264 g/mol. The van der Waals surface area contributed by atoms with E-state index in [1.54, 1.807) is 19.1 Å². The summed E-state index contributed by atoms with van der Waals surface area (Å²) < 4.78 is 5.28. The average Bonchev–Trinajstić information content (AvgIpc) is 2.78. The van der Waals surface area contributed by atoms with Crippen molar-refractivity contribution in [1.82, 2.24) is 10.1 Å². The third-order valence-electron chi connectivity index (χ3n) is 3.07. The van der Waals surface area contributed by atoms with Gasteiger partial charge in [-0.3, -0.25) is 0 Å². The van der Waals surface area contributed by atoms with E-state index in [1.807, 2.05) is 26.0 Å². The van der Waals surface area contributed by atoms with E-state index in [9.17, 15) is 5.11 Å². The van der Waals surface area contributed by atoms with E-state index in [-0.39, 0.29) is 11.8 Å². The van der Waals surface area contributed by atoms with Crippen molar-refractivity contribution in [3.63, 3.8) is 0 Å². The second kappa shape index (κ2) is 5.72. The van der Waals surface area contributed by atoms with Gasteiger partial charge in [0, 0.05) is 10.6 Å². The third kappa shape index (κ3) is 3.14. The minimum absolute atomic E-state index is 0.159. The van der Waals surface area contributed by atoms with Gasteiger partial charge in [-0.2, -0.15) is 4.98 Å². The van der Waals surface area contributed by atoms with Gasteiger partial charge in [0.15, 0.2) is 0 Å². The molecule has 1 N–H and O–H groups in total. The first kappa shape index (κ1) is 14.0. The monoisotopic (exact) mass is 280 g/mol. The number of aliphatic hydroxyl groups is 1. The summed E-state index contributed by atoms with van der Waals surface area (Å²) in [7, 11) is 0. The molecule has 0 bridgehead atoms. The summed E-state index contributed by atoms with van der Waals surface area (Å²) in [6, 6.07) is 7.23. The molecule has 2 unspecified atom stereocenters. The fourth-order valence-electron chi connectivity index (χ4n) is 2.14. The smallest absolute Gasteiger partial charge is 0.232 e. The van der Waals surface area contributed by atoms with Crippen LogP contribution in [-0.4, -0.2) is 21.4 Å². The number of halogens is 1. The van der Waals surface area contributed by atoms with Gasteiger partial charge >= 0.3 is 0 Å². The van der Waals surface area contributed by atoms with Gasteiger partial charge in [0.1, 0.15) is 0 Å². The van der Waals surface area contributed by atoms with Gasteiger partial charge in [-0.15, -0.1) is 0 Å². The third-order valence-corrected chi connectivity index (χ3v) is 3.32. The highest BCUT2D eigenvalue weighted by Crippen LogP contribution is 2.28. The van der Waals surface area contributed by atoms with Crippen LogP contribution in [0.15, 0.2) is 28.8 Å². The number of hydrogen-bond acceptors (Lipinski definition) is 4. The topological polar surface area (TPSA) is 59.2 Å². The van der Waals surface area contributed by atoms with E-state index in [1.165, 1.54) is 0 Å². The van der Waals surface area contributed by atoms with Crippen LogP contribution in [0.3, 0.4) is 0 Å². The Balaban J connectivity index is 2.30. The summed E-state index contributed by atoms with van der Waals surface area (Å²) >= 11 is 5.84. The fourth-order valence-corrected chi connectivity index (χ4v) is 2.26. The van der Waals surface area contributed by atoms with E-state index >= 15 is 0 Å². The lowest BCUT2D eigenvalue weighted by Crippen LogP contribution is -2.20.